The summed E-state index contributed by atoms with van der Waals surface area (Å²) in [7, 11) is 1.62. The monoisotopic (exact) mass is 390 g/mol. The number of amides is 1. The van der Waals surface area contributed by atoms with Crippen molar-refractivity contribution < 1.29 is 14.3 Å². The summed E-state index contributed by atoms with van der Waals surface area (Å²) < 4.78 is 10.9. The van der Waals surface area contributed by atoms with Crippen molar-refractivity contribution in [2.24, 2.45) is 0 Å². The van der Waals surface area contributed by atoms with Crippen LogP contribution in [0.4, 0.5) is 11.4 Å². The van der Waals surface area contributed by atoms with Gasteiger partial charge in [0.05, 0.1) is 20.3 Å². The highest BCUT2D eigenvalue weighted by molar-refractivity contribution is 5.93. The summed E-state index contributed by atoms with van der Waals surface area (Å²) in [6.07, 6.45) is 1.95. The first-order valence-electron chi connectivity index (χ1n) is 9.67. The molecule has 0 spiro atoms. The Kier molecular flexibility index (Phi) is 7.52. The van der Waals surface area contributed by atoms with Crippen molar-refractivity contribution in [2.75, 3.05) is 30.9 Å². The van der Waals surface area contributed by atoms with Crippen LogP contribution in [0, 0.1) is 0 Å². The third-order valence-electron chi connectivity index (χ3n) is 4.40. The molecule has 0 heterocycles. The minimum absolute atomic E-state index is 0.114. The average Bonchev–Trinajstić information content (AvgIpc) is 2.77. The molecule has 0 aliphatic rings. The number of nitrogens with one attached hydrogen (secondary N) is 2. The number of anilines is 2. The molecule has 2 N–H and O–H groups in total. The second-order valence-electron chi connectivity index (χ2n) is 6.59. The van der Waals surface area contributed by atoms with Crippen LogP contribution < -0.4 is 20.1 Å². The van der Waals surface area contributed by atoms with Crippen LogP contribution in [0.25, 0.3) is 0 Å². The van der Waals surface area contributed by atoms with E-state index in [1.54, 1.807) is 7.11 Å². The summed E-state index contributed by atoms with van der Waals surface area (Å²) in [6, 6.07) is 25.2. The summed E-state index contributed by atoms with van der Waals surface area (Å²) in [5.41, 5.74) is 2.92. The fourth-order valence-electron chi connectivity index (χ4n) is 2.84. The number of ether oxygens (including phenoxy) is 2. The number of carbonyl (C=O) groups is 1. The number of rotatable bonds is 10. The van der Waals surface area contributed by atoms with Crippen LogP contribution >= 0.6 is 0 Å². The standard InChI is InChI=1S/C24H26N2O3/c1-28-22-13-9-20(10-14-22)25-18-24(27)26-21-11-15-23(16-12-21)29-17-5-8-19-6-3-2-4-7-19/h2-4,6-7,9-16,25H,5,8,17-18H2,1H3,(H,26,27). The van der Waals surface area contributed by atoms with E-state index in [2.05, 4.69) is 34.9 Å². The fraction of sp³-hybridized carbons (Fsp3) is 0.208. The van der Waals surface area contributed by atoms with Crippen molar-refractivity contribution in [1.29, 1.82) is 0 Å². The smallest absolute Gasteiger partial charge is 0.243 e. The third kappa shape index (κ3) is 6.88. The van der Waals surface area contributed by atoms with E-state index in [1.165, 1.54) is 5.56 Å². The molecule has 0 aliphatic heterocycles. The van der Waals surface area contributed by atoms with Gasteiger partial charge in [-0.2, -0.15) is 0 Å². The summed E-state index contributed by atoms with van der Waals surface area (Å²) in [6.45, 7) is 0.844. The zero-order chi connectivity index (χ0) is 20.3. The lowest BCUT2D eigenvalue weighted by Gasteiger charge is -2.10. The van der Waals surface area contributed by atoms with Crippen molar-refractivity contribution in [1.82, 2.24) is 0 Å². The van der Waals surface area contributed by atoms with Crippen LogP contribution in [0.2, 0.25) is 0 Å². The summed E-state index contributed by atoms with van der Waals surface area (Å²) in [5.74, 6) is 1.46. The van der Waals surface area contributed by atoms with E-state index in [0.717, 1.165) is 35.7 Å². The molecule has 0 radical (unpaired) electrons. The van der Waals surface area contributed by atoms with E-state index in [0.29, 0.717) is 6.61 Å². The Morgan fingerprint density at radius 1 is 0.828 bits per heavy atom. The predicted molar refractivity (Wildman–Crippen MR) is 117 cm³/mol. The fourth-order valence-corrected chi connectivity index (χ4v) is 2.84. The molecule has 0 aromatic heterocycles. The Balaban J connectivity index is 1.37. The Hall–Kier alpha value is -3.47. The first-order valence-corrected chi connectivity index (χ1v) is 9.67. The normalized spacial score (nSPS) is 10.2. The number of hydrogen-bond acceptors (Lipinski definition) is 4. The maximum atomic E-state index is 12.1. The van der Waals surface area contributed by atoms with E-state index in [-0.39, 0.29) is 12.5 Å². The Morgan fingerprint density at radius 3 is 2.17 bits per heavy atom. The molecule has 3 rings (SSSR count). The van der Waals surface area contributed by atoms with Crippen molar-refractivity contribution in [2.45, 2.75) is 12.8 Å². The highest BCUT2D eigenvalue weighted by Crippen LogP contribution is 2.17. The molecule has 0 fully saturated rings. The maximum absolute atomic E-state index is 12.1. The van der Waals surface area contributed by atoms with Gasteiger partial charge in [-0.1, -0.05) is 30.3 Å². The van der Waals surface area contributed by atoms with Gasteiger partial charge in [-0.25, -0.2) is 0 Å². The topological polar surface area (TPSA) is 59.6 Å². The zero-order valence-corrected chi connectivity index (χ0v) is 16.6. The summed E-state index contributed by atoms with van der Waals surface area (Å²) >= 11 is 0. The molecule has 3 aromatic carbocycles. The first kappa shape index (κ1) is 20.3. The Morgan fingerprint density at radius 2 is 1.48 bits per heavy atom. The first-order chi connectivity index (χ1) is 14.2. The van der Waals surface area contributed by atoms with Crippen LogP contribution in [-0.2, 0) is 11.2 Å². The maximum Gasteiger partial charge on any atom is 0.243 e. The highest BCUT2D eigenvalue weighted by atomic mass is 16.5. The molecule has 0 atom stereocenters. The van der Waals surface area contributed by atoms with Crippen LogP contribution in [0.3, 0.4) is 0 Å². The van der Waals surface area contributed by atoms with Crippen LogP contribution in [0.1, 0.15) is 12.0 Å². The Labute approximate surface area is 171 Å². The molecule has 1 amide bonds. The lowest BCUT2D eigenvalue weighted by atomic mass is 10.1. The summed E-state index contributed by atoms with van der Waals surface area (Å²) in [5, 5.41) is 5.95. The number of carbonyl (C=O) groups excluding carboxylic acids is 1. The lowest BCUT2D eigenvalue weighted by molar-refractivity contribution is -0.114. The van der Waals surface area contributed by atoms with Gasteiger partial charge in [-0.15, -0.1) is 0 Å². The van der Waals surface area contributed by atoms with Gasteiger partial charge < -0.3 is 20.1 Å². The van der Waals surface area contributed by atoms with Gasteiger partial charge in [0.25, 0.3) is 0 Å². The second kappa shape index (κ2) is 10.8. The van der Waals surface area contributed by atoms with Crippen LogP contribution in [0.5, 0.6) is 11.5 Å². The second-order valence-corrected chi connectivity index (χ2v) is 6.59. The van der Waals surface area contributed by atoms with Gasteiger partial charge >= 0.3 is 0 Å². The largest absolute Gasteiger partial charge is 0.497 e. The SMILES string of the molecule is COc1ccc(NCC(=O)Nc2ccc(OCCCc3ccccc3)cc2)cc1. The molecule has 0 aliphatic carbocycles. The number of benzene rings is 3. The Bertz CT molecular complexity index is 878. The van der Waals surface area contributed by atoms with Gasteiger partial charge in [-0.05, 0) is 66.9 Å². The van der Waals surface area contributed by atoms with Gasteiger partial charge in [0.1, 0.15) is 11.5 Å². The van der Waals surface area contributed by atoms with Crippen LogP contribution in [-0.4, -0.2) is 26.2 Å². The van der Waals surface area contributed by atoms with E-state index in [1.807, 2.05) is 54.6 Å². The van der Waals surface area contributed by atoms with Crippen molar-refractivity contribution in [3.63, 3.8) is 0 Å². The van der Waals surface area contributed by atoms with Gasteiger partial charge in [-0.3, -0.25) is 4.79 Å². The molecular formula is C24H26N2O3. The van der Waals surface area contributed by atoms with Gasteiger partial charge in [0.15, 0.2) is 0 Å². The number of hydrogen-bond donors (Lipinski definition) is 2. The molecule has 150 valence electrons. The van der Waals surface area contributed by atoms with E-state index < -0.39 is 0 Å². The number of aryl methyl sites for hydroxylation is 1. The quantitative estimate of drug-likeness (QED) is 0.490. The van der Waals surface area contributed by atoms with Gasteiger partial charge in [0, 0.05) is 11.4 Å². The molecular weight excluding hydrogens is 364 g/mol. The molecule has 5 nitrogen and oxygen atoms in total. The van der Waals surface area contributed by atoms with Crippen molar-refractivity contribution in [3.8, 4) is 11.5 Å². The van der Waals surface area contributed by atoms with E-state index >= 15 is 0 Å². The molecule has 3 aromatic rings. The van der Waals surface area contributed by atoms with Crippen LogP contribution in [0.15, 0.2) is 78.9 Å². The molecule has 0 unspecified atom stereocenters. The van der Waals surface area contributed by atoms with Crippen molar-refractivity contribution in [3.05, 3.63) is 84.4 Å². The van der Waals surface area contributed by atoms with E-state index in [4.69, 9.17) is 9.47 Å². The molecule has 0 bridgehead atoms. The average molecular weight is 390 g/mol. The molecule has 5 heteroatoms. The lowest BCUT2D eigenvalue weighted by Crippen LogP contribution is -2.21. The number of methoxy groups -OCH3 is 1. The minimum Gasteiger partial charge on any atom is -0.497 e. The van der Waals surface area contributed by atoms with Gasteiger partial charge in [0.2, 0.25) is 5.91 Å². The third-order valence-corrected chi connectivity index (χ3v) is 4.40. The molecule has 29 heavy (non-hydrogen) atoms. The minimum atomic E-state index is -0.114. The molecule has 0 saturated carbocycles. The predicted octanol–water partition coefficient (Wildman–Crippen LogP) is 4.76. The highest BCUT2D eigenvalue weighted by Gasteiger charge is 2.03. The molecule has 0 saturated heterocycles. The zero-order valence-electron chi connectivity index (χ0n) is 16.6. The summed E-state index contributed by atoms with van der Waals surface area (Å²) in [4.78, 5) is 12.1. The van der Waals surface area contributed by atoms with E-state index in [9.17, 15) is 4.79 Å². The van der Waals surface area contributed by atoms with Crippen molar-refractivity contribution >= 4 is 17.3 Å².